The highest BCUT2D eigenvalue weighted by molar-refractivity contribution is 5.80. The number of hydrogen-bond donors (Lipinski definition) is 0. The van der Waals surface area contributed by atoms with Crippen LogP contribution in [0.5, 0.6) is 0 Å². The Labute approximate surface area is 104 Å². The Morgan fingerprint density at radius 3 is 2.22 bits per heavy atom. The SMILES string of the molecule is CC(C)(C)OC(=O)C1(C(F)(F)F)C[C@@H]2C=C[C@H]1C2. The molecule has 1 saturated carbocycles. The van der Waals surface area contributed by atoms with Crippen LogP contribution in [0.3, 0.4) is 0 Å². The molecular weight excluding hydrogens is 245 g/mol. The molecule has 0 amide bonds. The monoisotopic (exact) mass is 262 g/mol. The van der Waals surface area contributed by atoms with Crippen molar-refractivity contribution in [1.29, 1.82) is 0 Å². The average Bonchev–Trinajstić information content (AvgIpc) is 2.71. The summed E-state index contributed by atoms with van der Waals surface area (Å²) in [6, 6.07) is 0. The van der Waals surface area contributed by atoms with Crippen LogP contribution in [0.25, 0.3) is 0 Å². The van der Waals surface area contributed by atoms with E-state index in [-0.39, 0.29) is 12.3 Å². The molecule has 1 fully saturated rings. The van der Waals surface area contributed by atoms with Crippen LogP contribution in [0.15, 0.2) is 12.2 Å². The first-order chi connectivity index (χ1) is 8.06. The van der Waals surface area contributed by atoms with E-state index in [2.05, 4.69) is 0 Å². The number of carbonyl (C=O) groups excluding carboxylic acids is 1. The summed E-state index contributed by atoms with van der Waals surface area (Å²) >= 11 is 0. The van der Waals surface area contributed by atoms with Crippen molar-refractivity contribution in [1.82, 2.24) is 0 Å². The summed E-state index contributed by atoms with van der Waals surface area (Å²) in [5.41, 5.74) is -3.24. The van der Waals surface area contributed by atoms with Crippen LogP contribution >= 0.6 is 0 Å². The van der Waals surface area contributed by atoms with Crippen molar-refractivity contribution in [3.05, 3.63) is 12.2 Å². The largest absolute Gasteiger partial charge is 0.459 e. The number of fused-ring (bicyclic) bond motifs is 2. The predicted molar refractivity (Wildman–Crippen MR) is 59.7 cm³/mol. The van der Waals surface area contributed by atoms with Crippen LogP contribution < -0.4 is 0 Å². The van der Waals surface area contributed by atoms with E-state index in [0.29, 0.717) is 6.42 Å². The second-order valence-corrected chi connectivity index (χ2v) is 6.16. The highest BCUT2D eigenvalue weighted by Gasteiger charge is 2.69. The first-order valence-electron chi connectivity index (χ1n) is 6.05. The molecule has 0 aromatic carbocycles. The smallest absolute Gasteiger partial charge is 0.405 e. The molecule has 0 aliphatic heterocycles. The van der Waals surface area contributed by atoms with Crippen LogP contribution in [0.4, 0.5) is 13.2 Å². The maximum atomic E-state index is 13.4. The van der Waals surface area contributed by atoms with Crippen LogP contribution in [-0.4, -0.2) is 17.7 Å². The number of carbonyl (C=O) groups is 1. The summed E-state index contributed by atoms with van der Waals surface area (Å²) in [6.07, 6.45) is -1.03. The molecule has 0 radical (unpaired) electrons. The standard InChI is InChI=1S/C13H17F3O2/c1-11(2,3)18-10(17)12(13(14,15)16)7-8-4-5-9(12)6-8/h4-5,8-9H,6-7H2,1-3H3/t8-,9+,12?/m1/s1. The fourth-order valence-corrected chi connectivity index (χ4v) is 2.90. The van der Waals surface area contributed by atoms with Crippen molar-refractivity contribution in [2.45, 2.75) is 45.4 Å². The maximum absolute atomic E-state index is 13.4. The molecule has 2 bridgehead atoms. The van der Waals surface area contributed by atoms with Gasteiger partial charge in [0.15, 0.2) is 5.41 Å². The second-order valence-electron chi connectivity index (χ2n) is 6.16. The molecular formula is C13H17F3O2. The quantitative estimate of drug-likeness (QED) is 0.534. The lowest BCUT2D eigenvalue weighted by Gasteiger charge is -2.37. The van der Waals surface area contributed by atoms with Crippen molar-refractivity contribution in [3.8, 4) is 0 Å². The van der Waals surface area contributed by atoms with Gasteiger partial charge >= 0.3 is 12.1 Å². The van der Waals surface area contributed by atoms with Crippen molar-refractivity contribution in [2.24, 2.45) is 17.3 Å². The minimum Gasteiger partial charge on any atom is -0.459 e. The normalized spacial score (nSPS) is 35.0. The molecule has 0 spiro atoms. The molecule has 2 aliphatic carbocycles. The lowest BCUT2D eigenvalue weighted by atomic mass is 9.75. The number of hydrogen-bond acceptors (Lipinski definition) is 2. The van der Waals surface area contributed by atoms with Crippen LogP contribution in [-0.2, 0) is 9.53 Å². The average molecular weight is 262 g/mol. The summed E-state index contributed by atoms with van der Waals surface area (Å²) in [7, 11) is 0. The van der Waals surface area contributed by atoms with Gasteiger partial charge in [-0.2, -0.15) is 13.2 Å². The fourth-order valence-electron chi connectivity index (χ4n) is 2.90. The molecule has 0 N–H and O–H groups in total. The Bertz CT molecular complexity index is 392. The number of allylic oxidation sites excluding steroid dienone is 2. The lowest BCUT2D eigenvalue weighted by Crippen LogP contribution is -2.50. The van der Waals surface area contributed by atoms with Gasteiger partial charge in [-0.1, -0.05) is 12.2 Å². The van der Waals surface area contributed by atoms with E-state index < -0.39 is 29.1 Å². The molecule has 0 saturated heterocycles. The van der Waals surface area contributed by atoms with E-state index in [0.717, 1.165) is 0 Å². The van der Waals surface area contributed by atoms with E-state index in [4.69, 9.17) is 4.74 Å². The van der Waals surface area contributed by atoms with E-state index in [1.165, 1.54) is 6.08 Å². The zero-order valence-electron chi connectivity index (χ0n) is 10.7. The van der Waals surface area contributed by atoms with Crippen molar-refractivity contribution >= 4 is 5.97 Å². The third kappa shape index (κ3) is 1.93. The summed E-state index contributed by atoms with van der Waals surface area (Å²) in [4.78, 5) is 12.0. The van der Waals surface area contributed by atoms with Gasteiger partial charge in [-0.25, -0.2) is 0 Å². The van der Waals surface area contributed by atoms with Crippen molar-refractivity contribution < 1.29 is 22.7 Å². The highest BCUT2D eigenvalue weighted by atomic mass is 19.4. The predicted octanol–water partition coefficient (Wildman–Crippen LogP) is 3.47. The first-order valence-corrected chi connectivity index (χ1v) is 6.05. The molecule has 2 rings (SSSR count). The van der Waals surface area contributed by atoms with Gasteiger partial charge < -0.3 is 4.74 Å². The third-order valence-corrected chi connectivity index (χ3v) is 3.66. The molecule has 18 heavy (non-hydrogen) atoms. The van der Waals surface area contributed by atoms with Gasteiger partial charge in [0.05, 0.1) is 0 Å². The summed E-state index contributed by atoms with van der Waals surface area (Å²) in [5.74, 6) is -2.04. The van der Waals surface area contributed by atoms with Gasteiger partial charge in [0.25, 0.3) is 0 Å². The molecule has 0 aromatic rings. The zero-order chi connectivity index (χ0) is 13.8. The summed E-state index contributed by atoms with van der Waals surface area (Å²) in [5, 5.41) is 0. The highest BCUT2D eigenvalue weighted by Crippen LogP contribution is 2.60. The molecule has 1 unspecified atom stereocenters. The van der Waals surface area contributed by atoms with Gasteiger partial charge in [0.2, 0.25) is 0 Å². The van der Waals surface area contributed by atoms with Gasteiger partial charge in [-0.15, -0.1) is 0 Å². The minimum absolute atomic E-state index is 0.149. The summed E-state index contributed by atoms with van der Waals surface area (Å²) in [6.45, 7) is 4.74. The third-order valence-electron chi connectivity index (χ3n) is 3.66. The van der Waals surface area contributed by atoms with Gasteiger partial charge in [-0.3, -0.25) is 4.79 Å². The van der Waals surface area contributed by atoms with Crippen LogP contribution in [0.1, 0.15) is 33.6 Å². The van der Waals surface area contributed by atoms with E-state index in [1.807, 2.05) is 0 Å². The Morgan fingerprint density at radius 2 is 1.89 bits per heavy atom. The molecule has 102 valence electrons. The van der Waals surface area contributed by atoms with E-state index >= 15 is 0 Å². The van der Waals surface area contributed by atoms with E-state index in [1.54, 1.807) is 26.8 Å². The van der Waals surface area contributed by atoms with Gasteiger partial charge in [0, 0.05) is 5.92 Å². The second kappa shape index (κ2) is 3.75. The van der Waals surface area contributed by atoms with Crippen molar-refractivity contribution in [2.75, 3.05) is 0 Å². The molecule has 2 nitrogen and oxygen atoms in total. The van der Waals surface area contributed by atoms with Crippen LogP contribution in [0.2, 0.25) is 0 Å². The Balaban J connectivity index is 2.34. The van der Waals surface area contributed by atoms with Gasteiger partial charge in [-0.05, 0) is 39.5 Å². The topological polar surface area (TPSA) is 26.3 Å². The van der Waals surface area contributed by atoms with Crippen molar-refractivity contribution in [3.63, 3.8) is 0 Å². The fraction of sp³-hybridized carbons (Fsp3) is 0.769. The molecule has 0 aromatic heterocycles. The molecule has 3 atom stereocenters. The van der Waals surface area contributed by atoms with E-state index in [9.17, 15) is 18.0 Å². The lowest BCUT2D eigenvalue weighted by molar-refractivity contribution is -0.246. The Hall–Kier alpha value is -1.00. The van der Waals surface area contributed by atoms with Gasteiger partial charge in [0.1, 0.15) is 5.60 Å². The number of rotatable bonds is 1. The Morgan fingerprint density at radius 1 is 1.28 bits per heavy atom. The molecule has 2 aliphatic rings. The summed E-state index contributed by atoms with van der Waals surface area (Å²) < 4.78 is 45.1. The maximum Gasteiger partial charge on any atom is 0.405 e. The number of halogens is 3. The number of ether oxygens (including phenoxy) is 1. The molecule has 0 heterocycles. The van der Waals surface area contributed by atoms with Crippen LogP contribution in [0, 0.1) is 17.3 Å². The molecule has 5 heteroatoms. The number of esters is 1. The number of alkyl halides is 3. The minimum atomic E-state index is -4.56. The zero-order valence-corrected chi connectivity index (χ0v) is 10.7. The first kappa shape index (κ1) is 13.4. The Kier molecular flexibility index (Phi) is 2.80.